The number of halogens is 2. The number of rotatable bonds is 8. The molecule has 38 heavy (non-hydrogen) atoms. The Bertz CT molecular complexity index is 1470. The van der Waals surface area contributed by atoms with Gasteiger partial charge >= 0.3 is 0 Å². The average molecular weight is 520 g/mol. The number of hydroxylamine groups is 1. The first-order valence-corrected chi connectivity index (χ1v) is 12.5. The lowest BCUT2D eigenvalue weighted by molar-refractivity contribution is -0.129. The Morgan fingerprint density at radius 1 is 1.05 bits per heavy atom. The molecule has 8 nitrogen and oxygen atoms in total. The fourth-order valence-electron chi connectivity index (χ4n) is 5.05. The van der Waals surface area contributed by atoms with E-state index in [1.54, 1.807) is 21.3 Å². The number of nitrogens with one attached hydrogen (secondary N) is 1. The Morgan fingerprint density at radius 2 is 1.87 bits per heavy atom. The molecule has 0 bridgehead atoms. The topological polar surface area (TPSA) is 100 Å². The van der Waals surface area contributed by atoms with E-state index in [0.29, 0.717) is 31.5 Å². The second-order valence-corrected chi connectivity index (χ2v) is 9.52. The molecule has 0 radical (unpaired) electrons. The summed E-state index contributed by atoms with van der Waals surface area (Å²) in [6, 6.07) is 16.8. The van der Waals surface area contributed by atoms with Gasteiger partial charge in [0.25, 0.3) is 5.91 Å². The van der Waals surface area contributed by atoms with Crippen LogP contribution in [0.3, 0.4) is 0 Å². The predicted molar refractivity (Wildman–Crippen MR) is 135 cm³/mol. The van der Waals surface area contributed by atoms with E-state index in [2.05, 4.69) is 22.4 Å². The highest BCUT2D eigenvalue weighted by Crippen LogP contribution is 2.33. The zero-order chi connectivity index (χ0) is 26.6. The molecular weight excluding hydrogens is 492 g/mol. The van der Waals surface area contributed by atoms with E-state index >= 15 is 0 Å². The van der Waals surface area contributed by atoms with Crippen molar-refractivity contribution in [1.29, 1.82) is 0 Å². The summed E-state index contributed by atoms with van der Waals surface area (Å²) in [5.74, 6) is -2.96. The van der Waals surface area contributed by atoms with Crippen molar-refractivity contribution in [3.8, 4) is 0 Å². The van der Waals surface area contributed by atoms with Crippen molar-refractivity contribution < 1.29 is 23.6 Å². The van der Waals surface area contributed by atoms with Crippen LogP contribution in [0, 0.1) is 11.6 Å². The zero-order valence-corrected chi connectivity index (χ0v) is 20.6. The maximum atomic E-state index is 13.7. The molecule has 0 spiro atoms. The molecule has 2 heterocycles. The van der Waals surface area contributed by atoms with Crippen molar-refractivity contribution >= 4 is 22.6 Å². The third-order valence-corrected chi connectivity index (χ3v) is 7.04. The van der Waals surface area contributed by atoms with Crippen LogP contribution in [0.25, 0.3) is 10.8 Å². The van der Waals surface area contributed by atoms with Crippen LogP contribution in [0.4, 0.5) is 8.78 Å². The first-order chi connectivity index (χ1) is 18.4. The quantitative estimate of drug-likeness (QED) is 0.258. The van der Waals surface area contributed by atoms with E-state index < -0.39 is 23.4 Å². The van der Waals surface area contributed by atoms with Crippen molar-refractivity contribution in [2.24, 2.45) is 0 Å². The second kappa shape index (κ2) is 11.1. The molecule has 1 aliphatic heterocycles. The van der Waals surface area contributed by atoms with Crippen molar-refractivity contribution in [3.05, 3.63) is 95.3 Å². The predicted octanol–water partition coefficient (Wildman–Crippen LogP) is 4.76. The van der Waals surface area contributed by atoms with Gasteiger partial charge in [0.15, 0.2) is 11.6 Å². The van der Waals surface area contributed by atoms with E-state index in [1.807, 2.05) is 30.3 Å². The van der Waals surface area contributed by atoms with Gasteiger partial charge in [0, 0.05) is 18.5 Å². The van der Waals surface area contributed by atoms with Gasteiger partial charge in [0.2, 0.25) is 5.91 Å². The maximum absolute atomic E-state index is 13.7. The normalized spacial score (nSPS) is 16.1. The number of fused-ring (bicyclic) bond motifs is 1. The summed E-state index contributed by atoms with van der Waals surface area (Å²) < 4.78 is 28.8. The number of carbonyl (C=O) groups is 2. The van der Waals surface area contributed by atoms with Crippen LogP contribution in [-0.4, -0.2) is 43.5 Å². The summed E-state index contributed by atoms with van der Waals surface area (Å²) in [5, 5.41) is 19.9. The molecule has 1 aromatic heterocycles. The van der Waals surface area contributed by atoms with Crippen molar-refractivity contribution in [3.63, 3.8) is 0 Å². The fourth-order valence-corrected chi connectivity index (χ4v) is 5.05. The number of hydrogen-bond acceptors (Lipinski definition) is 5. The molecule has 2 amide bonds. The minimum Gasteiger partial charge on any atom is -0.330 e. The Kier molecular flexibility index (Phi) is 7.41. The number of amides is 2. The molecule has 1 fully saturated rings. The summed E-state index contributed by atoms with van der Waals surface area (Å²) in [4.78, 5) is 26.5. The van der Waals surface area contributed by atoms with E-state index in [1.165, 1.54) is 6.07 Å². The number of hydrogen-bond donors (Lipinski definition) is 2. The first-order valence-electron chi connectivity index (χ1n) is 12.5. The summed E-state index contributed by atoms with van der Waals surface area (Å²) in [6.07, 6.45) is 4.26. The zero-order valence-electron chi connectivity index (χ0n) is 20.6. The molecule has 4 aromatic rings. The van der Waals surface area contributed by atoms with E-state index in [9.17, 15) is 18.4 Å². The van der Waals surface area contributed by atoms with Gasteiger partial charge in [0.1, 0.15) is 5.69 Å². The van der Waals surface area contributed by atoms with Gasteiger partial charge in [-0.2, -0.15) is 0 Å². The molecule has 2 N–H and O–H groups in total. The molecule has 1 saturated heterocycles. The third kappa shape index (κ3) is 5.40. The number of aromatic nitrogens is 3. The summed E-state index contributed by atoms with van der Waals surface area (Å²) in [6.45, 7) is 0.465. The fraction of sp³-hybridized carbons (Fsp3) is 0.286. The average Bonchev–Trinajstić information content (AvgIpc) is 3.62. The lowest BCUT2D eigenvalue weighted by atomic mass is 9.99. The second-order valence-electron chi connectivity index (χ2n) is 9.52. The van der Waals surface area contributed by atoms with Crippen LogP contribution in [0.15, 0.2) is 66.9 Å². The lowest BCUT2D eigenvalue weighted by Crippen LogP contribution is -2.30. The lowest BCUT2D eigenvalue weighted by Gasteiger charge is -2.23. The molecule has 1 aliphatic rings. The van der Waals surface area contributed by atoms with E-state index in [4.69, 9.17) is 5.21 Å². The van der Waals surface area contributed by atoms with Crippen molar-refractivity contribution in [2.75, 3.05) is 6.54 Å². The van der Waals surface area contributed by atoms with Gasteiger partial charge in [0.05, 0.1) is 18.3 Å². The van der Waals surface area contributed by atoms with E-state index in [-0.39, 0.29) is 24.1 Å². The van der Waals surface area contributed by atoms with Gasteiger partial charge in [-0.25, -0.2) is 18.9 Å². The van der Waals surface area contributed by atoms with Crippen LogP contribution in [0.1, 0.15) is 59.4 Å². The van der Waals surface area contributed by atoms with Crippen LogP contribution in [0.2, 0.25) is 0 Å². The Morgan fingerprint density at radius 3 is 2.66 bits per heavy atom. The molecule has 0 saturated carbocycles. The third-order valence-electron chi connectivity index (χ3n) is 7.04. The van der Waals surface area contributed by atoms with Crippen molar-refractivity contribution in [2.45, 2.75) is 44.2 Å². The van der Waals surface area contributed by atoms with Gasteiger partial charge in [-0.1, -0.05) is 47.7 Å². The molecule has 3 aromatic carbocycles. The summed E-state index contributed by atoms with van der Waals surface area (Å²) in [5.41, 5.74) is 3.40. The van der Waals surface area contributed by atoms with Gasteiger partial charge < -0.3 is 4.90 Å². The molecule has 0 unspecified atom stereocenters. The first kappa shape index (κ1) is 25.5. The minimum absolute atomic E-state index is 0.0763. The van der Waals surface area contributed by atoms with Crippen molar-refractivity contribution in [1.82, 2.24) is 25.4 Å². The number of nitrogens with zero attached hydrogens (tertiary/aromatic N) is 4. The Hall–Kier alpha value is -4.18. The number of benzene rings is 3. The van der Waals surface area contributed by atoms with E-state index in [0.717, 1.165) is 34.9 Å². The van der Waals surface area contributed by atoms with Gasteiger partial charge in [-0.05, 0) is 60.2 Å². The minimum atomic E-state index is -1.07. The monoisotopic (exact) mass is 519 g/mol. The molecule has 196 valence electrons. The number of likely N-dealkylation sites (tertiary alicyclic amines) is 1. The highest BCUT2D eigenvalue weighted by molar-refractivity contribution is 5.94. The summed E-state index contributed by atoms with van der Waals surface area (Å²) >= 11 is 0. The Balaban J connectivity index is 1.38. The molecule has 2 atom stereocenters. The standard InChI is InChI=1S/C28H27F2N5O3/c29-23-11-9-21(16-24(23)30)28(37)34-13-3-6-26(34)25-17-35(33-31-25)22(10-12-27(36)32-38)15-18-7-8-19-4-1-2-5-20(19)14-18/h1-2,4-5,7-9,11,14,16-17,22,26,38H,3,6,10,12-13,15H2,(H,32,36)/t22-,26+/m1/s1. The molecule has 0 aliphatic carbocycles. The SMILES string of the molecule is O=C(CC[C@H](Cc1ccc2ccccc2c1)n1cc([C@@H]2CCCN2C(=O)c2ccc(F)c(F)c2)nn1)NO. The highest BCUT2D eigenvalue weighted by atomic mass is 19.2. The molecule has 5 rings (SSSR count). The maximum Gasteiger partial charge on any atom is 0.254 e. The van der Waals surface area contributed by atoms with Crippen LogP contribution >= 0.6 is 0 Å². The Labute approximate surface area is 217 Å². The van der Waals surface area contributed by atoms with Crippen LogP contribution in [-0.2, 0) is 11.2 Å². The van der Waals surface area contributed by atoms with Gasteiger partial charge in [-0.15, -0.1) is 5.10 Å². The smallest absolute Gasteiger partial charge is 0.254 e. The summed E-state index contributed by atoms with van der Waals surface area (Å²) in [7, 11) is 0. The number of carbonyl (C=O) groups excluding carboxylic acids is 2. The van der Waals surface area contributed by atoms with Gasteiger partial charge in [-0.3, -0.25) is 14.8 Å². The largest absolute Gasteiger partial charge is 0.330 e. The van der Waals surface area contributed by atoms with Crippen LogP contribution in [0.5, 0.6) is 0 Å². The molecular formula is C28H27F2N5O3. The molecule has 10 heteroatoms. The highest BCUT2D eigenvalue weighted by Gasteiger charge is 2.33. The van der Waals surface area contributed by atoms with Crippen LogP contribution < -0.4 is 5.48 Å².